The van der Waals surface area contributed by atoms with Crippen LogP contribution in [0.2, 0.25) is 0 Å². The minimum Gasteiger partial charge on any atom is -0.343 e. The van der Waals surface area contributed by atoms with E-state index in [2.05, 4.69) is 52.2 Å². The van der Waals surface area contributed by atoms with Crippen LogP contribution in [-0.4, -0.2) is 58.2 Å². The van der Waals surface area contributed by atoms with Crippen LogP contribution in [-0.2, 0) is 11.3 Å². The molecule has 2 aliphatic heterocycles. The number of rotatable bonds is 5. The van der Waals surface area contributed by atoms with E-state index in [0.29, 0.717) is 24.3 Å². The maximum Gasteiger partial charge on any atom is 0.224 e. The van der Waals surface area contributed by atoms with Crippen LogP contribution in [0.3, 0.4) is 0 Å². The van der Waals surface area contributed by atoms with E-state index in [1.165, 1.54) is 18.5 Å². The molecule has 0 N–H and O–H groups in total. The molecule has 0 aliphatic carbocycles. The van der Waals surface area contributed by atoms with Crippen molar-refractivity contribution in [3.05, 3.63) is 54.4 Å². The molecule has 1 atom stereocenters. The molecule has 5 heteroatoms. The molecule has 0 radical (unpaired) electrons. The number of aromatic nitrogens is 2. The first-order valence-electron chi connectivity index (χ1n) is 10.7. The van der Waals surface area contributed by atoms with Gasteiger partial charge >= 0.3 is 0 Å². The molecule has 0 unspecified atom stereocenters. The van der Waals surface area contributed by atoms with Crippen LogP contribution < -0.4 is 0 Å². The third kappa shape index (κ3) is 4.30. The van der Waals surface area contributed by atoms with E-state index in [4.69, 9.17) is 0 Å². The van der Waals surface area contributed by atoms with Gasteiger partial charge in [0.15, 0.2) is 0 Å². The van der Waals surface area contributed by atoms with Gasteiger partial charge < -0.3 is 9.80 Å². The predicted molar refractivity (Wildman–Crippen MR) is 111 cm³/mol. The van der Waals surface area contributed by atoms with Gasteiger partial charge in [0.25, 0.3) is 0 Å². The molecule has 1 spiro atoms. The molecule has 1 amide bonds. The average molecular weight is 381 g/mol. The summed E-state index contributed by atoms with van der Waals surface area (Å²) in [5.41, 5.74) is 1.82. The van der Waals surface area contributed by atoms with Gasteiger partial charge in [-0.05, 0) is 48.8 Å². The zero-order valence-corrected chi connectivity index (χ0v) is 17.0. The Labute approximate surface area is 168 Å². The first-order chi connectivity index (χ1) is 13.7. The van der Waals surface area contributed by atoms with E-state index in [-0.39, 0.29) is 5.91 Å². The number of amides is 1. The van der Waals surface area contributed by atoms with Crippen molar-refractivity contribution in [2.24, 2.45) is 5.41 Å². The van der Waals surface area contributed by atoms with E-state index < -0.39 is 0 Å². The number of piperidine rings is 2. The maximum atomic E-state index is 12.6. The molecule has 2 aromatic rings. The summed E-state index contributed by atoms with van der Waals surface area (Å²) in [5.74, 6) is 0.880. The van der Waals surface area contributed by atoms with E-state index in [9.17, 15) is 4.79 Å². The summed E-state index contributed by atoms with van der Waals surface area (Å²) in [6.45, 7) is 8.20. The van der Waals surface area contributed by atoms with Gasteiger partial charge in [-0.3, -0.25) is 9.48 Å². The van der Waals surface area contributed by atoms with Crippen molar-refractivity contribution in [3.63, 3.8) is 0 Å². The minimum atomic E-state index is 0.271. The van der Waals surface area contributed by atoms with Crippen LogP contribution >= 0.6 is 0 Å². The highest BCUT2D eigenvalue weighted by Gasteiger charge is 2.42. The molecule has 2 aliphatic rings. The first kappa shape index (κ1) is 19.2. The van der Waals surface area contributed by atoms with Crippen LogP contribution in [0.15, 0.2) is 48.8 Å². The normalized spacial score (nSPS) is 22.5. The molecule has 0 saturated carbocycles. The Bertz CT molecular complexity index is 750. The summed E-state index contributed by atoms with van der Waals surface area (Å²) in [7, 11) is 0. The van der Waals surface area contributed by atoms with Crippen molar-refractivity contribution in [3.8, 4) is 0 Å². The largest absolute Gasteiger partial charge is 0.343 e. The number of likely N-dealkylation sites (tertiary alicyclic amines) is 2. The molecule has 1 aromatic heterocycles. The topological polar surface area (TPSA) is 41.4 Å². The van der Waals surface area contributed by atoms with Gasteiger partial charge in [-0.25, -0.2) is 0 Å². The summed E-state index contributed by atoms with van der Waals surface area (Å²) < 4.78 is 1.84. The third-order valence-corrected chi connectivity index (χ3v) is 6.73. The van der Waals surface area contributed by atoms with Gasteiger partial charge in [0.05, 0.1) is 0 Å². The highest BCUT2D eigenvalue weighted by molar-refractivity contribution is 5.76. The van der Waals surface area contributed by atoms with Crippen molar-refractivity contribution in [2.75, 3.05) is 32.7 Å². The molecule has 1 aromatic carbocycles. The number of nitrogens with zero attached hydrogens (tertiary/aromatic N) is 4. The lowest BCUT2D eigenvalue weighted by atomic mass is 9.68. The second-order valence-corrected chi connectivity index (χ2v) is 8.54. The van der Waals surface area contributed by atoms with Crippen molar-refractivity contribution in [1.82, 2.24) is 19.6 Å². The summed E-state index contributed by atoms with van der Waals surface area (Å²) >= 11 is 0. The quantitative estimate of drug-likeness (QED) is 0.798. The van der Waals surface area contributed by atoms with Gasteiger partial charge in [-0.1, -0.05) is 37.3 Å². The molecule has 150 valence electrons. The van der Waals surface area contributed by atoms with Crippen LogP contribution in [0.1, 0.15) is 44.1 Å². The monoisotopic (exact) mass is 380 g/mol. The van der Waals surface area contributed by atoms with E-state index in [0.717, 1.165) is 39.0 Å². The molecular weight excluding hydrogens is 348 g/mol. The summed E-state index contributed by atoms with van der Waals surface area (Å²) in [6.07, 6.45) is 7.73. The van der Waals surface area contributed by atoms with Crippen LogP contribution in [0.25, 0.3) is 0 Å². The maximum absolute atomic E-state index is 12.6. The number of aryl methyl sites for hydroxylation is 1. The zero-order chi connectivity index (χ0) is 19.4. The van der Waals surface area contributed by atoms with E-state index in [1.807, 2.05) is 16.9 Å². The molecular formula is C23H32N4O. The van der Waals surface area contributed by atoms with Gasteiger partial charge in [0, 0.05) is 51.5 Å². The smallest absolute Gasteiger partial charge is 0.224 e. The van der Waals surface area contributed by atoms with Gasteiger partial charge in [-0.15, -0.1) is 0 Å². The Morgan fingerprint density at radius 1 is 1.18 bits per heavy atom. The lowest BCUT2D eigenvalue weighted by molar-refractivity contribution is -0.134. The van der Waals surface area contributed by atoms with Crippen molar-refractivity contribution in [2.45, 2.75) is 45.1 Å². The standard InChI is InChI=1S/C23H32N4O/c1-2-25-18-21(20-7-4-3-5-8-20)17-23(19-25)10-15-26(16-11-23)22(28)9-14-27-13-6-12-24-27/h3-8,12-13,21H,2,9-11,14-19H2,1H3/t21-/m0/s1. The lowest BCUT2D eigenvalue weighted by Crippen LogP contribution is -2.52. The summed E-state index contributed by atoms with van der Waals surface area (Å²) in [4.78, 5) is 17.3. The van der Waals surface area contributed by atoms with Gasteiger partial charge in [0.1, 0.15) is 0 Å². The van der Waals surface area contributed by atoms with E-state index >= 15 is 0 Å². The van der Waals surface area contributed by atoms with Gasteiger partial charge in [0.2, 0.25) is 5.91 Å². The van der Waals surface area contributed by atoms with Crippen LogP contribution in [0.5, 0.6) is 0 Å². The fraction of sp³-hybridized carbons (Fsp3) is 0.565. The molecule has 5 nitrogen and oxygen atoms in total. The van der Waals surface area contributed by atoms with Crippen LogP contribution in [0, 0.1) is 5.41 Å². The Morgan fingerprint density at radius 2 is 1.96 bits per heavy atom. The molecule has 28 heavy (non-hydrogen) atoms. The van der Waals surface area contributed by atoms with Crippen molar-refractivity contribution >= 4 is 5.91 Å². The van der Waals surface area contributed by atoms with Crippen molar-refractivity contribution < 1.29 is 4.79 Å². The molecule has 4 rings (SSSR count). The number of hydrogen-bond donors (Lipinski definition) is 0. The molecule has 2 saturated heterocycles. The fourth-order valence-electron chi connectivity index (χ4n) is 5.09. The third-order valence-electron chi connectivity index (χ3n) is 6.73. The van der Waals surface area contributed by atoms with Gasteiger partial charge in [-0.2, -0.15) is 5.10 Å². The molecule has 0 bridgehead atoms. The average Bonchev–Trinajstić information content (AvgIpc) is 3.26. The first-order valence-corrected chi connectivity index (χ1v) is 10.7. The molecule has 2 fully saturated rings. The second-order valence-electron chi connectivity index (χ2n) is 8.54. The highest BCUT2D eigenvalue weighted by Crippen LogP contribution is 2.45. The van der Waals surface area contributed by atoms with Crippen molar-refractivity contribution in [1.29, 1.82) is 0 Å². The summed E-state index contributed by atoms with van der Waals surface area (Å²) in [5, 5.41) is 4.20. The Balaban J connectivity index is 1.37. The second kappa shape index (κ2) is 8.48. The summed E-state index contributed by atoms with van der Waals surface area (Å²) in [6, 6.07) is 12.9. The van der Waals surface area contributed by atoms with E-state index in [1.54, 1.807) is 6.20 Å². The number of hydrogen-bond acceptors (Lipinski definition) is 3. The number of carbonyl (C=O) groups excluding carboxylic acids is 1. The Hall–Kier alpha value is -2.14. The zero-order valence-electron chi connectivity index (χ0n) is 17.0. The Kier molecular flexibility index (Phi) is 5.81. The molecule has 3 heterocycles. The number of carbonyl (C=O) groups is 1. The van der Waals surface area contributed by atoms with Crippen LogP contribution in [0.4, 0.5) is 0 Å². The highest BCUT2D eigenvalue weighted by atomic mass is 16.2. The lowest BCUT2D eigenvalue weighted by Gasteiger charge is -2.50. The SMILES string of the molecule is CCN1C[C@@H](c2ccccc2)CC2(CCN(C(=O)CCn3cccn3)CC2)C1. The minimum absolute atomic E-state index is 0.271. The number of benzene rings is 1. The predicted octanol–water partition coefficient (Wildman–Crippen LogP) is 3.39. The fourth-order valence-corrected chi connectivity index (χ4v) is 5.09. The number of likely N-dealkylation sites (N-methyl/N-ethyl adjacent to an activating group) is 1. The Morgan fingerprint density at radius 3 is 2.64 bits per heavy atom.